The maximum atomic E-state index is 12.9. The Kier molecular flexibility index (Phi) is 60.5. The van der Waals surface area contributed by atoms with Crippen molar-refractivity contribution in [2.75, 3.05) is 13.2 Å². The van der Waals surface area contributed by atoms with Gasteiger partial charge in [-0.2, -0.15) is 0 Å². The van der Waals surface area contributed by atoms with Gasteiger partial charge in [0, 0.05) is 19.3 Å². The van der Waals surface area contributed by atoms with Crippen LogP contribution in [0.1, 0.15) is 239 Å². The number of hydrogen-bond donors (Lipinski definition) is 0. The molecule has 440 valence electrons. The maximum absolute atomic E-state index is 12.9. The number of carbonyl (C=O) groups is 3. The lowest BCUT2D eigenvalue weighted by atomic mass is 10.1. The number of carbonyl (C=O) groups excluding carboxylic acids is 3. The van der Waals surface area contributed by atoms with Crippen molar-refractivity contribution in [2.24, 2.45) is 0 Å². The standard InChI is InChI=1S/C73H112O6/c1-4-7-10-13-16-19-22-25-27-29-30-31-32-33-34-35-36-37-38-39-40-41-42-44-45-48-51-54-57-60-63-66-72(75)78-69-70(68-77-71(74)65-62-59-56-53-50-47-24-21-18-15-12-9-6-3)79-73(76)67-64-61-58-55-52-49-46-43-28-26-23-20-17-14-11-8-5-2/h7-12,16-21,25-28,30-31,33-34,36-37,39-40,42,44,46-47,49-50,70H,4-6,13-15,22-24,29,32,35,38,41,43,45,48,51-69H2,1-3H3/b10-7-,11-8-,12-9-,19-16-,20-17-,21-18-,27-25-,28-26-,31-30-,34-33-,37-36-,40-39-,44-42-,49-46-,50-47-. The number of unbranched alkanes of at least 4 members (excludes halogenated alkanes) is 13. The Balaban J connectivity index is 4.41. The van der Waals surface area contributed by atoms with Crippen LogP contribution < -0.4 is 0 Å². The molecule has 1 unspecified atom stereocenters. The van der Waals surface area contributed by atoms with Crippen LogP contribution in [0.5, 0.6) is 0 Å². The van der Waals surface area contributed by atoms with E-state index in [0.717, 1.165) is 186 Å². The van der Waals surface area contributed by atoms with Crippen molar-refractivity contribution in [3.63, 3.8) is 0 Å². The summed E-state index contributed by atoms with van der Waals surface area (Å²) < 4.78 is 16.8. The van der Waals surface area contributed by atoms with Gasteiger partial charge in [0.1, 0.15) is 13.2 Å². The van der Waals surface area contributed by atoms with E-state index in [4.69, 9.17) is 14.2 Å². The van der Waals surface area contributed by atoms with Gasteiger partial charge in [0.2, 0.25) is 0 Å². The summed E-state index contributed by atoms with van der Waals surface area (Å²) in [4.78, 5) is 38.2. The molecule has 0 fully saturated rings. The van der Waals surface area contributed by atoms with E-state index in [1.807, 2.05) is 0 Å². The first kappa shape index (κ1) is 73.5. The molecule has 0 aliphatic heterocycles. The first-order chi connectivity index (χ1) is 39.0. The zero-order valence-electron chi connectivity index (χ0n) is 50.3. The van der Waals surface area contributed by atoms with Crippen molar-refractivity contribution in [1.29, 1.82) is 0 Å². The average Bonchev–Trinajstić information content (AvgIpc) is 3.45. The molecule has 0 amide bonds. The highest BCUT2D eigenvalue weighted by molar-refractivity contribution is 5.71. The largest absolute Gasteiger partial charge is 0.462 e. The molecule has 6 heteroatoms. The molecule has 0 aromatic carbocycles. The Labute approximate surface area is 484 Å². The summed E-state index contributed by atoms with van der Waals surface area (Å²) >= 11 is 0. The SMILES string of the molecule is CC/C=C\C/C=C\C/C=C\C/C=C\C/C=C\C/C=C\C/C=C\C/C=C\CCCCCCCCC(=O)OCC(COC(=O)CCCCC/C=C\C/C=C\C/C=C\CC)OC(=O)CCCCCC/C=C\C/C=C\C/C=C\C/C=C\CC. The molecule has 0 aromatic rings. The summed E-state index contributed by atoms with van der Waals surface area (Å²) in [5.74, 6) is -0.991. The molecule has 0 heterocycles. The Morgan fingerprint density at radius 3 is 0.722 bits per heavy atom. The van der Waals surface area contributed by atoms with Crippen molar-refractivity contribution in [2.45, 2.75) is 245 Å². The quantitative estimate of drug-likeness (QED) is 0.0261. The van der Waals surface area contributed by atoms with Crippen LogP contribution in [0.3, 0.4) is 0 Å². The van der Waals surface area contributed by atoms with Crippen LogP contribution in [0.2, 0.25) is 0 Å². The van der Waals surface area contributed by atoms with E-state index in [1.165, 1.54) is 12.8 Å². The molecule has 0 saturated heterocycles. The van der Waals surface area contributed by atoms with Gasteiger partial charge in [0.05, 0.1) is 0 Å². The van der Waals surface area contributed by atoms with E-state index in [-0.39, 0.29) is 37.5 Å². The van der Waals surface area contributed by atoms with E-state index >= 15 is 0 Å². The molecule has 0 radical (unpaired) electrons. The topological polar surface area (TPSA) is 78.9 Å². The Hall–Kier alpha value is -5.49. The third-order valence-corrected chi connectivity index (χ3v) is 12.4. The molecule has 0 aliphatic carbocycles. The fourth-order valence-electron chi connectivity index (χ4n) is 7.81. The maximum Gasteiger partial charge on any atom is 0.306 e. The van der Waals surface area contributed by atoms with Crippen LogP contribution in [-0.2, 0) is 28.6 Å². The lowest BCUT2D eigenvalue weighted by Crippen LogP contribution is -2.30. The van der Waals surface area contributed by atoms with Gasteiger partial charge in [-0.1, -0.05) is 248 Å². The second-order valence-electron chi connectivity index (χ2n) is 19.8. The highest BCUT2D eigenvalue weighted by Gasteiger charge is 2.19. The van der Waals surface area contributed by atoms with E-state index in [2.05, 4.69) is 203 Å². The molecular formula is C73H112O6. The van der Waals surface area contributed by atoms with Gasteiger partial charge in [0.15, 0.2) is 6.10 Å². The predicted molar refractivity (Wildman–Crippen MR) is 343 cm³/mol. The number of hydrogen-bond acceptors (Lipinski definition) is 6. The van der Waals surface area contributed by atoms with E-state index in [9.17, 15) is 14.4 Å². The highest BCUT2D eigenvalue weighted by atomic mass is 16.6. The minimum absolute atomic E-state index is 0.115. The van der Waals surface area contributed by atoms with E-state index in [0.29, 0.717) is 12.8 Å². The summed E-state index contributed by atoms with van der Waals surface area (Å²) in [6.45, 7) is 6.22. The summed E-state index contributed by atoms with van der Waals surface area (Å²) in [5.41, 5.74) is 0. The molecule has 0 N–H and O–H groups in total. The van der Waals surface area contributed by atoms with Crippen molar-refractivity contribution in [1.82, 2.24) is 0 Å². The average molecular weight is 1090 g/mol. The van der Waals surface area contributed by atoms with Gasteiger partial charge < -0.3 is 14.2 Å². The van der Waals surface area contributed by atoms with Gasteiger partial charge in [-0.15, -0.1) is 0 Å². The van der Waals surface area contributed by atoms with Gasteiger partial charge in [-0.25, -0.2) is 0 Å². The molecular weight excluding hydrogens is 973 g/mol. The van der Waals surface area contributed by atoms with E-state index in [1.54, 1.807) is 0 Å². The molecule has 79 heavy (non-hydrogen) atoms. The third kappa shape index (κ3) is 63.2. The van der Waals surface area contributed by atoms with Crippen LogP contribution in [0.4, 0.5) is 0 Å². The van der Waals surface area contributed by atoms with Crippen molar-refractivity contribution in [3.8, 4) is 0 Å². The molecule has 0 rings (SSSR count). The van der Waals surface area contributed by atoms with Crippen molar-refractivity contribution < 1.29 is 28.6 Å². The fraction of sp³-hybridized carbons (Fsp3) is 0.548. The Bertz CT molecular complexity index is 1870. The highest BCUT2D eigenvalue weighted by Crippen LogP contribution is 2.13. The lowest BCUT2D eigenvalue weighted by Gasteiger charge is -2.18. The fourth-order valence-corrected chi connectivity index (χ4v) is 7.81. The number of ether oxygens (including phenoxy) is 3. The van der Waals surface area contributed by atoms with Gasteiger partial charge >= 0.3 is 17.9 Å². The summed E-state index contributed by atoms with van der Waals surface area (Å²) in [7, 11) is 0. The Morgan fingerprint density at radius 1 is 0.253 bits per heavy atom. The third-order valence-electron chi connectivity index (χ3n) is 12.4. The second-order valence-corrected chi connectivity index (χ2v) is 19.8. The predicted octanol–water partition coefficient (Wildman–Crippen LogP) is 21.7. The summed E-state index contributed by atoms with van der Waals surface area (Å²) in [5, 5.41) is 0. The molecule has 0 spiro atoms. The zero-order chi connectivity index (χ0) is 57.1. The normalized spacial score (nSPS) is 13.4. The molecule has 1 atom stereocenters. The molecule has 0 aromatic heterocycles. The molecule has 0 bridgehead atoms. The van der Waals surface area contributed by atoms with Crippen LogP contribution in [-0.4, -0.2) is 37.2 Å². The lowest BCUT2D eigenvalue weighted by molar-refractivity contribution is -0.167. The van der Waals surface area contributed by atoms with Crippen LogP contribution >= 0.6 is 0 Å². The van der Waals surface area contributed by atoms with Gasteiger partial charge in [-0.3, -0.25) is 14.4 Å². The second kappa shape index (κ2) is 65.0. The molecule has 6 nitrogen and oxygen atoms in total. The van der Waals surface area contributed by atoms with Crippen LogP contribution in [0.15, 0.2) is 182 Å². The minimum Gasteiger partial charge on any atom is -0.462 e. The van der Waals surface area contributed by atoms with Gasteiger partial charge in [0.25, 0.3) is 0 Å². The first-order valence-electron chi connectivity index (χ1n) is 31.3. The zero-order valence-corrected chi connectivity index (χ0v) is 50.3. The van der Waals surface area contributed by atoms with Crippen LogP contribution in [0, 0.1) is 0 Å². The van der Waals surface area contributed by atoms with Crippen LogP contribution in [0.25, 0.3) is 0 Å². The summed E-state index contributed by atoms with van der Waals surface area (Å²) in [6, 6.07) is 0. The number of allylic oxidation sites excluding steroid dienone is 30. The first-order valence-corrected chi connectivity index (χ1v) is 31.3. The number of rotatable bonds is 54. The molecule has 0 saturated carbocycles. The van der Waals surface area contributed by atoms with Crippen molar-refractivity contribution in [3.05, 3.63) is 182 Å². The van der Waals surface area contributed by atoms with Crippen molar-refractivity contribution >= 4 is 17.9 Å². The van der Waals surface area contributed by atoms with Gasteiger partial charge in [-0.05, 0) is 154 Å². The monoisotopic (exact) mass is 1080 g/mol. The number of esters is 3. The van der Waals surface area contributed by atoms with E-state index < -0.39 is 6.10 Å². The molecule has 0 aliphatic rings. The Morgan fingerprint density at radius 2 is 0.456 bits per heavy atom. The minimum atomic E-state index is -0.821. The smallest absolute Gasteiger partial charge is 0.306 e. The summed E-state index contributed by atoms with van der Waals surface area (Å²) in [6.07, 6.45) is 97.5.